The van der Waals surface area contributed by atoms with E-state index in [0.717, 1.165) is 5.52 Å². The maximum atomic E-state index is 4.52. The SMILES string of the molecule is CNC(c1cnc2ccccc2c1)c1cccs1. The number of rotatable bonds is 3. The quantitative estimate of drug-likeness (QED) is 0.772. The summed E-state index contributed by atoms with van der Waals surface area (Å²) in [5.74, 6) is 0. The minimum absolute atomic E-state index is 0.224. The van der Waals surface area contributed by atoms with Crippen LogP contribution in [0.2, 0.25) is 0 Å². The van der Waals surface area contributed by atoms with Gasteiger partial charge in [0.05, 0.1) is 11.6 Å². The lowest BCUT2D eigenvalue weighted by molar-refractivity contribution is 0.702. The zero-order chi connectivity index (χ0) is 12.4. The van der Waals surface area contributed by atoms with Gasteiger partial charge in [0.15, 0.2) is 0 Å². The van der Waals surface area contributed by atoms with Gasteiger partial charge in [-0.15, -0.1) is 11.3 Å². The van der Waals surface area contributed by atoms with Gasteiger partial charge in [0.1, 0.15) is 0 Å². The van der Waals surface area contributed by atoms with Crippen molar-refractivity contribution in [2.75, 3.05) is 7.05 Å². The highest BCUT2D eigenvalue weighted by atomic mass is 32.1. The monoisotopic (exact) mass is 254 g/mol. The average Bonchev–Trinajstić information content (AvgIpc) is 2.93. The summed E-state index contributed by atoms with van der Waals surface area (Å²) in [6, 6.07) is 14.9. The third-order valence-electron chi connectivity index (χ3n) is 3.06. The van der Waals surface area contributed by atoms with Crippen LogP contribution in [0.15, 0.2) is 54.0 Å². The second-order valence-corrected chi connectivity index (χ2v) is 5.18. The van der Waals surface area contributed by atoms with Gasteiger partial charge in [-0.1, -0.05) is 24.3 Å². The Bertz CT molecular complexity index is 646. The predicted molar refractivity (Wildman–Crippen MR) is 77.0 cm³/mol. The number of benzene rings is 1. The molecule has 0 bridgehead atoms. The molecule has 0 aliphatic rings. The number of nitrogens with one attached hydrogen (secondary N) is 1. The fourth-order valence-electron chi connectivity index (χ4n) is 2.17. The van der Waals surface area contributed by atoms with Gasteiger partial charge in [0, 0.05) is 16.5 Å². The maximum absolute atomic E-state index is 4.52. The summed E-state index contributed by atoms with van der Waals surface area (Å²) in [5, 5.41) is 6.65. The number of para-hydroxylation sites is 1. The van der Waals surface area contributed by atoms with E-state index in [4.69, 9.17) is 0 Å². The summed E-state index contributed by atoms with van der Waals surface area (Å²) < 4.78 is 0. The number of hydrogen-bond donors (Lipinski definition) is 1. The van der Waals surface area contributed by atoms with Gasteiger partial charge in [0.2, 0.25) is 0 Å². The first-order chi connectivity index (χ1) is 8.88. The minimum atomic E-state index is 0.224. The Morgan fingerprint density at radius 2 is 2.06 bits per heavy atom. The molecule has 0 aliphatic carbocycles. The van der Waals surface area contributed by atoms with E-state index in [1.54, 1.807) is 11.3 Å². The van der Waals surface area contributed by atoms with Crippen LogP contribution in [0.3, 0.4) is 0 Å². The second-order valence-electron chi connectivity index (χ2n) is 4.20. The second kappa shape index (κ2) is 4.88. The summed E-state index contributed by atoms with van der Waals surface area (Å²) in [6.45, 7) is 0. The number of fused-ring (bicyclic) bond motifs is 1. The lowest BCUT2D eigenvalue weighted by atomic mass is 10.1. The number of aromatic nitrogens is 1. The molecule has 3 rings (SSSR count). The van der Waals surface area contributed by atoms with Crippen LogP contribution in [-0.2, 0) is 0 Å². The summed E-state index contributed by atoms with van der Waals surface area (Å²) >= 11 is 1.77. The van der Waals surface area contributed by atoms with Gasteiger partial charge in [-0.05, 0) is 36.2 Å². The van der Waals surface area contributed by atoms with Crippen LogP contribution in [-0.4, -0.2) is 12.0 Å². The number of thiophene rings is 1. The Morgan fingerprint density at radius 1 is 1.17 bits per heavy atom. The smallest absolute Gasteiger partial charge is 0.0702 e. The zero-order valence-electron chi connectivity index (χ0n) is 10.1. The van der Waals surface area contributed by atoms with Crippen molar-refractivity contribution < 1.29 is 0 Å². The number of nitrogens with zero attached hydrogens (tertiary/aromatic N) is 1. The molecule has 1 N–H and O–H groups in total. The molecule has 0 radical (unpaired) electrons. The molecular formula is C15H14N2S. The summed E-state index contributed by atoms with van der Waals surface area (Å²) in [5.41, 5.74) is 2.25. The molecule has 0 aliphatic heterocycles. The normalized spacial score (nSPS) is 12.7. The molecule has 0 amide bonds. The zero-order valence-corrected chi connectivity index (χ0v) is 10.9. The first-order valence-electron chi connectivity index (χ1n) is 5.94. The Hall–Kier alpha value is -1.71. The first kappa shape index (κ1) is 11.4. The Morgan fingerprint density at radius 3 is 2.83 bits per heavy atom. The van der Waals surface area contributed by atoms with Gasteiger partial charge in [-0.3, -0.25) is 4.98 Å². The van der Waals surface area contributed by atoms with Crippen molar-refractivity contribution in [1.82, 2.24) is 10.3 Å². The van der Waals surface area contributed by atoms with Crippen molar-refractivity contribution in [3.05, 3.63) is 64.5 Å². The molecule has 1 aromatic carbocycles. The van der Waals surface area contributed by atoms with Gasteiger partial charge in [0.25, 0.3) is 0 Å². The Kier molecular flexibility index (Phi) is 3.09. The molecule has 0 saturated heterocycles. The highest BCUT2D eigenvalue weighted by Gasteiger charge is 2.13. The fraction of sp³-hybridized carbons (Fsp3) is 0.133. The summed E-state index contributed by atoms with van der Waals surface area (Å²) in [6.07, 6.45) is 1.96. The average molecular weight is 254 g/mol. The lowest BCUT2D eigenvalue weighted by Crippen LogP contribution is -2.16. The van der Waals surface area contributed by atoms with Crippen LogP contribution in [0.1, 0.15) is 16.5 Å². The van der Waals surface area contributed by atoms with Gasteiger partial charge in [-0.2, -0.15) is 0 Å². The number of hydrogen-bond acceptors (Lipinski definition) is 3. The molecule has 18 heavy (non-hydrogen) atoms. The van der Waals surface area contributed by atoms with Gasteiger partial charge >= 0.3 is 0 Å². The van der Waals surface area contributed by atoms with Crippen LogP contribution in [0.25, 0.3) is 10.9 Å². The standard InChI is InChI=1S/C15H14N2S/c1-16-15(14-7-4-8-18-14)12-9-11-5-2-3-6-13(11)17-10-12/h2-10,15-16H,1H3. The summed E-state index contributed by atoms with van der Waals surface area (Å²) in [7, 11) is 1.99. The van der Waals surface area contributed by atoms with E-state index in [-0.39, 0.29) is 6.04 Å². The minimum Gasteiger partial charge on any atom is -0.309 e. The molecule has 1 atom stereocenters. The lowest BCUT2D eigenvalue weighted by Gasteiger charge is -2.15. The van der Waals surface area contributed by atoms with E-state index in [9.17, 15) is 0 Å². The molecule has 2 heterocycles. The first-order valence-corrected chi connectivity index (χ1v) is 6.82. The maximum Gasteiger partial charge on any atom is 0.0702 e. The molecule has 1 unspecified atom stereocenters. The van der Waals surface area contributed by atoms with Crippen LogP contribution >= 0.6 is 11.3 Å². The van der Waals surface area contributed by atoms with Crippen molar-refractivity contribution in [1.29, 1.82) is 0 Å². The van der Waals surface area contributed by atoms with E-state index in [1.807, 2.05) is 31.4 Å². The molecule has 3 aromatic rings. The molecule has 0 fully saturated rings. The number of pyridine rings is 1. The van der Waals surface area contributed by atoms with Crippen LogP contribution < -0.4 is 5.32 Å². The van der Waals surface area contributed by atoms with Crippen molar-refractivity contribution in [3.8, 4) is 0 Å². The van der Waals surface area contributed by atoms with E-state index >= 15 is 0 Å². The third-order valence-corrected chi connectivity index (χ3v) is 4.00. The van der Waals surface area contributed by atoms with E-state index in [1.165, 1.54) is 15.8 Å². The highest BCUT2D eigenvalue weighted by Crippen LogP contribution is 2.26. The topological polar surface area (TPSA) is 24.9 Å². The van der Waals surface area contributed by atoms with Gasteiger partial charge < -0.3 is 5.32 Å². The summed E-state index contributed by atoms with van der Waals surface area (Å²) in [4.78, 5) is 5.84. The van der Waals surface area contributed by atoms with Crippen molar-refractivity contribution in [2.45, 2.75) is 6.04 Å². The molecule has 0 spiro atoms. The molecular weight excluding hydrogens is 240 g/mol. The molecule has 3 heteroatoms. The Labute approximate surface area is 110 Å². The third kappa shape index (κ3) is 2.03. The highest BCUT2D eigenvalue weighted by molar-refractivity contribution is 7.10. The molecule has 0 saturated carbocycles. The van der Waals surface area contributed by atoms with Gasteiger partial charge in [-0.25, -0.2) is 0 Å². The van der Waals surface area contributed by atoms with Crippen molar-refractivity contribution in [3.63, 3.8) is 0 Å². The van der Waals surface area contributed by atoms with E-state index < -0.39 is 0 Å². The fourth-order valence-corrected chi connectivity index (χ4v) is 3.04. The van der Waals surface area contributed by atoms with Crippen molar-refractivity contribution >= 4 is 22.2 Å². The van der Waals surface area contributed by atoms with E-state index in [2.05, 4.69) is 39.9 Å². The predicted octanol–water partition coefficient (Wildman–Crippen LogP) is 3.61. The van der Waals surface area contributed by atoms with Crippen LogP contribution in [0.5, 0.6) is 0 Å². The van der Waals surface area contributed by atoms with Crippen molar-refractivity contribution in [2.24, 2.45) is 0 Å². The molecule has 2 aromatic heterocycles. The molecule has 90 valence electrons. The Balaban J connectivity index is 2.07. The van der Waals surface area contributed by atoms with E-state index in [0.29, 0.717) is 0 Å². The molecule has 2 nitrogen and oxygen atoms in total. The van der Waals surface area contributed by atoms with Crippen LogP contribution in [0.4, 0.5) is 0 Å². The largest absolute Gasteiger partial charge is 0.309 e. The van der Waals surface area contributed by atoms with Crippen LogP contribution in [0, 0.1) is 0 Å².